The predicted octanol–water partition coefficient (Wildman–Crippen LogP) is 4.07. The van der Waals surface area contributed by atoms with Crippen LogP contribution in [0.4, 0.5) is 0 Å². The van der Waals surface area contributed by atoms with Crippen molar-refractivity contribution < 1.29 is 0 Å². The Morgan fingerprint density at radius 3 is 2.50 bits per heavy atom. The molecular weight excluding hydrogens is 286 g/mol. The molecule has 3 fully saturated rings. The standard InChI is InChI=1S/C15H23N3S2/c19-9-15(7-1-2-8-15)10-20-14-17-16-13(11-3-4-11)18(14)12-5-6-12/h11-12,19H,1-10H2. The summed E-state index contributed by atoms with van der Waals surface area (Å²) < 4.78 is 2.48. The molecular formula is C15H23N3S2. The highest BCUT2D eigenvalue weighted by atomic mass is 32.2. The van der Waals surface area contributed by atoms with E-state index in [2.05, 4.69) is 27.4 Å². The van der Waals surface area contributed by atoms with Gasteiger partial charge in [0.05, 0.1) is 0 Å². The Bertz CT molecular complexity index is 485. The van der Waals surface area contributed by atoms with Crippen LogP contribution in [0.2, 0.25) is 0 Å². The summed E-state index contributed by atoms with van der Waals surface area (Å²) in [7, 11) is 0. The van der Waals surface area contributed by atoms with Gasteiger partial charge in [0.15, 0.2) is 5.16 Å². The van der Waals surface area contributed by atoms with Gasteiger partial charge in [-0.3, -0.25) is 0 Å². The molecule has 0 atom stereocenters. The van der Waals surface area contributed by atoms with Gasteiger partial charge in [0.2, 0.25) is 0 Å². The third kappa shape index (κ3) is 2.52. The monoisotopic (exact) mass is 309 g/mol. The van der Waals surface area contributed by atoms with E-state index in [4.69, 9.17) is 0 Å². The van der Waals surface area contributed by atoms with Crippen molar-refractivity contribution in [3.8, 4) is 0 Å². The maximum atomic E-state index is 4.62. The molecule has 0 radical (unpaired) electrons. The molecule has 20 heavy (non-hydrogen) atoms. The molecule has 110 valence electrons. The van der Waals surface area contributed by atoms with E-state index in [9.17, 15) is 0 Å². The average Bonchev–Trinajstić information content (AvgIpc) is 3.40. The number of hydrogen-bond acceptors (Lipinski definition) is 4. The first-order chi connectivity index (χ1) is 9.81. The van der Waals surface area contributed by atoms with Crippen molar-refractivity contribution in [1.29, 1.82) is 0 Å². The lowest BCUT2D eigenvalue weighted by atomic mass is 9.91. The Kier molecular flexibility index (Phi) is 3.53. The minimum absolute atomic E-state index is 0.452. The molecule has 0 unspecified atom stereocenters. The number of thioether (sulfide) groups is 1. The molecule has 4 rings (SSSR count). The molecule has 0 amide bonds. The molecule has 5 heteroatoms. The van der Waals surface area contributed by atoms with Crippen LogP contribution in [0.1, 0.15) is 69.2 Å². The van der Waals surface area contributed by atoms with Gasteiger partial charge in [-0.15, -0.1) is 10.2 Å². The van der Waals surface area contributed by atoms with Crippen LogP contribution >= 0.6 is 24.4 Å². The molecule has 0 spiro atoms. The zero-order valence-corrected chi connectivity index (χ0v) is 13.6. The van der Waals surface area contributed by atoms with Crippen molar-refractivity contribution in [3.63, 3.8) is 0 Å². The molecule has 0 aliphatic heterocycles. The van der Waals surface area contributed by atoms with Gasteiger partial charge in [0.25, 0.3) is 0 Å². The first kappa shape index (κ1) is 13.5. The summed E-state index contributed by atoms with van der Waals surface area (Å²) in [5.41, 5.74) is 0.452. The van der Waals surface area contributed by atoms with Gasteiger partial charge in [-0.25, -0.2) is 0 Å². The second-order valence-corrected chi connectivity index (χ2v) is 8.13. The van der Waals surface area contributed by atoms with Crippen molar-refractivity contribution in [2.75, 3.05) is 11.5 Å². The lowest BCUT2D eigenvalue weighted by molar-refractivity contribution is 0.402. The van der Waals surface area contributed by atoms with E-state index in [1.165, 1.54) is 68.1 Å². The van der Waals surface area contributed by atoms with Gasteiger partial charge in [0, 0.05) is 17.7 Å². The highest BCUT2D eigenvalue weighted by Gasteiger charge is 2.38. The van der Waals surface area contributed by atoms with E-state index in [0.717, 1.165) is 5.75 Å². The van der Waals surface area contributed by atoms with Crippen LogP contribution in [0.25, 0.3) is 0 Å². The minimum atomic E-state index is 0.452. The molecule has 1 aromatic rings. The van der Waals surface area contributed by atoms with Crippen molar-refractivity contribution in [3.05, 3.63) is 5.82 Å². The first-order valence-corrected chi connectivity index (χ1v) is 9.62. The average molecular weight is 310 g/mol. The molecule has 0 aromatic carbocycles. The highest BCUT2D eigenvalue weighted by molar-refractivity contribution is 7.99. The van der Waals surface area contributed by atoms with E-state index < -0.39 is 0 Å². The van der Waals surface area contributed by atoms with E-state index in [1.54, 1.807) is 0 Å². The summed E-state index contributed by atoms with van der Waals surface area (Å²) in [6, 6.07) is 0.707. The van der Waals surface area contributed by atoms with Gasteiger partial charge < -0.3 is 4.57 Å². The number of nitrogens with zero attached hydrogens (tertiary/aromatic N) is 3. The summed E-state index contributed by atoms with van der Waals surface area (Å²) in [4.78, 5) is 0. The first-order valence-electron chi connectivity index (χ1n) is 8.00. The molecule has 3 aliphatic rings. The number of rotatable bonds is 6. The van der Waals surface area contributed by atoms with Gasteiger partial charge >= 0.3 is 0 Å². The lowest BCUT2D eigenvalue weighted by Crippen LogP contribution is -2.22. The fourth-order valence-corrected chi connectivity index (χ4v) is 5.26. The van der Waals surface area contributed by atoms with Gasteiger partial charge in [-0.2, -0.15) is 12.6 Å². The lowest BCUT2D eigenvalue weighted by Gasteiger charge is -2.26. The summed E-state index contributed by atoms with van der Waals surface area (Å²) in [6.07, 6.45) is 10.7. The van der Waals surface area contributed by atoms with Crippen LogP contribution in [0.15, 0.2) is 5.16 Å². The molecule has 3 nitrogen and oxygen atoms in total. The Morgan fingerprint density at radius 1 is 1.15 bits per heavy atom. The van der Waals surface area contributed by atoms with Crippen molar-refractivity contribution in [2.24, 2.45) is 5.41 Å². The normalized spacial score (nSPS) is 25.2. The Labute approximate surface area is 130 Å². The van der Waals surface area contributed by atoms with Crippen molar-refractivity contribution >= 4 is 24.4 Å². The minimum Gasteiger partial charge on any atom is -0.303 e. The summed E-state index contributed by atoms with van der Waals surface area (Å²) >= 11 is 6.56. The number of thiol groups is 1. The predicted molar refractivity (Wildman–Crippen MR) is 85.7 cm³/mol. The van der Waals surface area contributed by atoms with Gasteiger partial charge in [-0.1, -0.05) is 24.6 Å². The second-order valence-electron chi connectivity index (χ2n) is 6.87. The van der Waals surface area contributed by atoms with E-state index >= 15 is 0 Å². The molecule has 0 saturated heterocycles. The Morgan fingerprint density at radius 2 is 1.90 bits per heavy atom. The second kappa shape index (κ2) is 5.24. The maximum Gasteiger partial charge on any atom is 0.191 e. The summed E-state index contributed by atoms with van der Waals surface area (Å²) in [5, 5.41) is 10.2. The largest absolute Gasteiger partial charge is 0.303 e. The van der Waals surface area contributed by atoms with Crippen LogP contribution in [0, 0.1) is 5.41 Å². The topological polar surface area (TPSA) is 30.7 Å². The maximum absolute atomic E-state index is 4.62. The fraction of sp³-hybridized carbons (Fsp3) is 0.867. The summed E-state index contributed by atoms with van der Waals surface area (Å²) in [5.74, 6) is 4.18. The van der Waals surface area contributed by atoms with Gasteiger partial charge in [0.1, 0.15) is 5.82 Å². The van der Waals surface area contributed by atoms with E-state index in [0.29, 0.717) is 17.4 Å². The molecule has 3 aliphatic carbocycles. The van der Waals surface area contributed by atoms with Crippen LogP contribution in [-0.4, -0.2) is 26.3 Å². The Hall–Kier alpha value is -0.160. The van der Waals surface area contributed by atoms with Gasteiger partial charge in [-0.05, 0) is 49.7 Å². The molecule has 0 bridgehead atoms. The SMILES string of the molecule is SCC1(CSc2nnc(C3CC3)n2C2CC2)CCCC1. The molecule has 3 saturated carbocycles. The quantitative estimate of drug-likeness (QED) is 0.634. The summed E-state index contributed by atoms with van der Waals surface area (Å²) in [6.45, 7) is 0. The van der Waals surface area contributed by atoms with Crippen molar-refractivity contribution in [2.45, 2.75) is 68.5 Å². The fourth-order valence-electron chi connectivity index (χ4n) is 3.37. The van der Waals surface area contributed by atoms with E-state index in [1.807, 2.05) is 11.8 Å². The number of aromatic nitrogens is 3. The van der Waals surface area contributed by atoms with Crippen molar-refractivity contribution in [1.82, 2.24) is 14.8 Å². The smallest absolute Gasteiger partial charge is 0.191 e. The third-order valence-corrected chi connectivity index (χ3v) is 7.02. The highest BCUT2D eigenvalue weighted by Crippen LogP contribution is 2.48. The number of hydrogen-bond donors (Lipinski definition) is 1. The molecule has 0 N–H and O–H groups in total. The zero-order chi connectivity index (χ0) is 13.6. The molecule has 1 aromatic heterocycles. The zero-order valence-electron chi connectivity index (χ0n) is 11.9. The van der Waals surface area contributed by atoms with Crippen LogP contribution < -0.4 is 0 Å². The third-order valence-electron chi connectivity index (χ3n) is 5.05. The van der Waals surface area contributed by atoms with Crippen LogP contribution in [-0.2, 0) is 0 Å². The Balaban J connectivity index is 1.50. The van der Waals surface area contributed by atoms with Crippen LogP contribution in [0.3, 0.4) is 0 Å². The molecule has 1 heterocycles. The van der Waals surface area contributed by atoms with Crippen LogP contribution in [0.5, 0.6) is 0 Å². The van der Waals surface area contributed by atoms with E-state index in [-0.39, 0.29) is 0 Å².